The molecule has 0 atom stereocenters. The predicted molar refractivity (Wildman–Crippen MR) is 128 cm³/mol. The van der Waals surface area contributed by atoms with Gasteiger partial charge in [-0.3, -0.25) is 14.4 Å². The third-order valence-electron chi connectivity index (χ3n) is 6.19. The van der Waals surface area contributed by atoms with Gasteiger partial charge in [-0.1, -0.05) is 12.1 Å². The average molecular weight is 470 g/mol. The lowest BCUT2D eigenvalue weighted by Crippen LogP contribution is -2.49. The van der Waals surface area contributed by atoms with Crippen molar-refractivity contribution in [3.8, 4) is 0 Å². The fourth-order valence-electron chi connectivity index (χ4n) is 4.27. The van der Waals surface area contributed by atoms with Crippen molar-refractivity contribution in [1.82, 2.24) is 9.80 Å². The van der Waals surface area contributed by atoms with Crippen LogP contribution >= 0.6 is 11.8 Å². The van der Waals surface area contributed by atoms with Gasteiger partial charge < -0.3 is 14.7 Å². The van der Waals surface area contributed by atoms with Gasteiger partial charge in [-0.2, -0.15) is 0 Å². The number of likely N-dealkylation sites (tertiary alicyclic amines) is 1. The number of nitrogens with zero attached hydrogens (tertiary/aromatic N) is 3. The van der Waals surface area contributed by atoms with Crippen molar-refractivity contribution in [1.29, 1.82) is 0 Å². The summed E-state index contributed by atoms with van der Waals surface area (Å²) in [6.45, 7) is 5.01. The number of piperazine rings is 1. The van der Waals surface area contributed by atoms with Gasteiger partial charge >= 0.3 is 0 Å². The number of benzene rings is 2. The maximum Gasteiger partial charge on any atom is 0.255 e. The van der Waals surface area contributed by atoms with Crippen LogP contribution < -0.4 is 4.90 Å². The Labute approximate surface area is 197 Å². The molecule has 0 spiro atoms. The minimum atomic E-state index is -0.424. The molecule has 2 saturated heterocycles. The van der Waals surface area contributed by atoms with Crippen LogP contribution in [0.2, 0.25) is 0 Å². The smallest absolute Gasteiger partial charge is 0.255 e. The molecule has 0 aromatic heterocycles. The van der Waals surface area contributed by atoms with Crippen LogP contribution in [-0.4, -0.2) is 72.4 Å². The van der Waals surface area contributed by atoms with Gasteiger partial charge in [0, 0.05) is 49.7 Å². The molecular formula is C25H28FN3O3S. The molecule has 2 heterocycles. The Kier molecular flexibility index (Phi) is 7.33. The second kappa shape index (κ2) is 10.4. The molecule has 4 rings (SSSR count). The molecule has 2 aromatic carbocycles. The van der Waals surface area contributed by atoms with Crippen molar-refractivity contribution in [2.45, 2.75) is 24.7 Å². The van der Waals surface area contributed by atoms with Gasteiger partial charge in [0.2, 0.25) is 5.91 Å². The van der Waals surface area contributed by atoms with E-state index in [1.54, 1.807) is 23.1 Å². The number of carbonyl (C=O) groups excluding carboxylic acids is 3. The number of rotatable bonds is 6. The normalized spacial score (nSPS) is 16.2. The van der Waals surface area contributed by atoms with Crippen molar-refractivity contribution in [3.63, 3.8) is 0 Å². The lowest BCUT2D eigenvalue weighted by Gasteiger charge is -2.36. The predicted octanol–water partition coefficient (Wildman–Crippen LogP) is 3.71. The molecule has 2 fully saturated rings. The quantitative estimate of drug-likeness (QED) is 0.477. The van der Waals surface area contributed by atoms with Crippen LogP contribution in [0.15, 0.2) is 47.4 Å². The monoisotopic (exact) mass is 469 g/mol. The fourth-order valence-corrected chi connectivity index (χ4v) is 5.22. The number of Topliss-reactive ketones (excluding diaryl/α,β-unsaturated/α-hetero) is 1. The minimum absolute atomic E-state index is 0.0706. The van der Waals surface area contributed by atoms with E-state index in [-0.39, 0.29) is 17.6 Å². The van der Waals surface area contributed by atoms with Crippen LogP contribution in [0.4, 0.5) is 10.1 Å². The highest BCUT2D eigenvalue weighted by Crippen LogP contribution is 2.27. The summed E-state index contributed by atoms with van der Waals surface area (Å²) in [6.07, 6.45) is 2.12. The Hall–Kier alpha value is -2.87. The molecule has 0 N–H and O–H groups in total. The van der Waals surface area contributed by atoms with Gasteiger partial charge in [0.25, 0.3) is 5.91 Å². The number of anilines is 1. The van der Waals surface area contributed by atoms with Gasteiger partial charge in [-0.25, -0.2) is 4.39 Å². The number of amides is 2. The van der Waals surface area contributed by atoms with E-state index in [4.69, 9.17) is 0 Å². The van der Waals surface area contributed by atoms with E-state index in [0.717, 1.165) is 30.8 Å². The summed E-state index contributed by atoms with van der Waals surface area (Å²) in [4.78, 5) is 43.5. The summed E-state index contributed by atoms with van der Waals surface area (Å²) < 4.78 is 14.5. The highest BCUT2D eigenvalue weighted by atomic mass is 32.2. The van der Waals surface area contributed by atoms with Crippen LogP contribution in [0.3, 0.4) is 0 Å². The molecule has 33 heavy (non-hydrogen) atoms. The summed E-state index contributed by atoms with van der Waals surface area (Å²) in [5.74, 6) is -0.223. The molecule has 2 amide bonds. The zero-order valence-corrected chi connectivity index (χ0v) is 19.6. The van der Waals surface area contributed by atoms with Gasteiger partial charge in [-0.05, 0) is 50.1 Å². The first-order chi connectivity index (χ1) is 15.9. The number of hydrogen-bond acceptors (Lipinski definition) is 5. The second-order valence-electron chi connectivity index (χ2n) is 8.37. The zero-order chi connectivity index (χ0) is 23.4. The van der Waals surface area contributed by atoms with Gasteiger partial charge in [0.1, 0.15) is 5.82 Å². The van der Waals surface area contributed by atoms with Crippen molar-refractivity contribution < 1.29 is 18.8 Å². The topological polar surface area (TPSA) is 60.9 Å². The molecule has 2 aliphatic heterocycles. The van der Waals surface area contributed by atoms with Crippen molar-refractivity contribution in [2.75, 3.05) is 49.9 Å². The molecule has 2 aliphatic rings. The molecule has 0 saturated carbocycles. The van der Waals surface area contributed by atoms with E-state index in [1.165, 1.54) is 24.8 Å². The van der Waals surface area contributed by atoms with Crippen molar-refractivity contribution in [2.24, 2.45) is 0 Å². The zero-order valence-electron chi connectivity index (χ0n) is 18.8. The summed E-state index contributed by atoms with van der Waals surface area (Å²) >= 11 is 1.41. The standard InChI is InChI=1S/C25H28FN3O3S/c1-18(30)19-8-9-22(21(26)16-19)27-12-14-29(15-13-27)25(32)20-6-2-3-7-23(20)33-17-24(31)28-10-4-5-11-28/h2-3,6-9,16H,4-5,10-15,17H2,1H3. The summed E-state index contributed by atoms with van der Waals surface area (Å²) in [5, 5.41) is 0. The Bertz CT molecular complexity index is 1050. The van der Waals surface area contributed by atoms with E-state index in [0.29, 0.717) is 48.7 Å². The van der Waals surface area contributed by atoms with Crippen LogP contribution in [0.5, 0.6) is 0 Å². The third-order valence-corrected chi connectivity index (χ3v) is 7.25. The number of carbonyl (C=O) groups is 3. The molecule has 0 radical (unpaired) electrons. The molecule has 6 nitrogen and oxygen atoms in total. The Morgan fingerprint density at radius 2 is 1.61 bits per heavy atom. The average Bonchev–Trinajstić information content (AvgIpc) is 3.37. The molecule has 0 bridgehead atoms. The number of thioether (sulfide) groups is 1. The highest BCUT2D eigenvalue weighted by molar-refractivity contribution is 8.00. The van der Waals surface area contributed by atoms with Crippen LogP contribution in [0.1, 0.15) is 40.5 Å². The first-order valence-corrected chi connectivity index (χ1v) is 12.3. The molecule has 0 aliphatic carbocycles. The van der Waals surface area contributed by atoms with E-state index >= 15 is 0 Å². The van der Waals surface area contributed by atoms with E-state index in [2.05, 4.69) is 0 Å². The van der Waals surface area contributed by atoms with Crippen LogP contribution in [-0.2, 0) is 4.79 Å². The second-order valence-corrected chi connectivity index (χ2v) is 9.39. The summed E-state index contributed by atoms with van der Waals surface area (Å²) in [6, 6.07) is 11.9. The summed E-state index contributed by atoms with van der Waals surface area (Å²) in [7, 11) is 0. The highest BCUT2D eigenvalue weighted by Gasteiger charge is 2.26. The van der Waals surface area contributed by atoms with Crippen LogP contribution in [0, 0.1) is 5.82 Å². The van der Waals surface area contributed by atoms with Gasteiger partial charge in [0.15, 0.2) is 5.78 Å². The molecule has 174 valence electrons. The molecule has 8 heteroatoms. The molecular weight excluding hydrogens is 441 g/mol. The Morgan fingerprint density at radius 3 is 2.27 bits per heavy atom. The fraction of sp³-hybridized carbons (Fsp3) is 0.400. The van der Waals surface area contributed by atoms with E-state index < -0.39 is 5.82 Å². The SMILES string of the molecule is CC(=O)c1ccc(N2CCN(C(=O)c3ccccc3SCC(=O)N3CCCC3)CC2)c(F)c1. The molecule has 2 aromatic rings. The maximum atomic E-state index is 14.5. The lowest BCUT2D eigenvalue weighted by atomic mass is 10.1. The van der Waals surface area contributed by atoms with Crippen molar-refractivity contribution in [3.05, 3.63) is 59.4 Å². The number of halogens is 1. The number of hydrogen-bond donors (Lipinski definition) is 0. The van der Waals surface area contributed by atoms with Gasteiger partial charge in [0.05, 0.1) is 17.0 Å². The Balaban J connectivity index is 1.38. The largest absolute Gasteiger partial charge is 0.366 e. The van der Waals surface area contributed by atoms with Crippen LogP contribution in [0.25, 0.3) is 0 Å². The maximum absolute atomic E-state index is 14.5. The number of ketones is 1. The minimum Gasteiger partial charge on any atom is -0.366 e. The first-order valence-electron chi connectivity index (χ1n) is 11.3. The van der Waals surface area contributed by atoms with E-state index in [9.17, 15) is 18.8 Å². The van der Waals surface area contributed by atoms with Gasteiger partial charge in [-0.15, -0.1) is 11.8 Å². The Morgan fingerprint density at radius 1 is 0.909 bits per heavy atom. The van der Waals surface area contributed by atoms with E-state index in [1.807, 2.05) is 28.0 Å². The first kappa shape index (κ1) is 23.3. The molecule has 0 unspecified atom stereocenters. The third kappa shape index (κ3) is 5.38. The summed E-state index contributed by atoms with van der Waals surface area (Å²) in [5.41, 5.74) is 1.40. The lowest BCUT2D eigenvalue weighted by molar-refractivity contribution is -0.127. The van der Waals surface area contributed by atoms with Crippen molar-refractivity contribution >= 4 is 35.0 Å².